The number of carbonyl (C=O) groups is 2. The van der Waals surface area contributed by atoms with Crippen molar-refractivity contribution in [3.63, 3.8) is 0 Å². The van der Waals surface area contributed by atoms with Crippen LogP contribution in [0.5, 0.6) is 5.75 Å². The first-order valence-corrected chi connectivity index (χ1v) is 15.7. The zero-order chi connectivity index (χ0) is 30.6. The Bertz CT molecular complexity index is 1530. The number of nitrogens with one attached hydrogen (secondary N) is 1. The summed E-state index contributed by atoms with van der Waals surface area (Å²) in [4.78, 5) is 22.7. The first-order valence-electron chi connectivity index (χ1n) is 15.7. The molecule has 1 aliphatic rings. The Morgan fingerprint density at radius 1 is 0.756 bits per heavy atom. The van der Waals surface area contributed by atoms with Crippen LogP contribution in [-0.4, -0.2) is 18.6 Å². The molecule has 0 aliphatic carbocycles. The fraction of sp³-hybridized carbons (Fsp3) is 0.316. The van der Waals surface area contributed by atoms with Gasteiger partial charge in [0.25, 0.3) is 0 Å². The molecular formula is C38H40NNaO5. The number of carbonyl (C=O) groups excluding carboxylic acids is 2. The van der Waals surface area contributed by atoms with Gasteiger partial charge >= 0.3 is 35.7 Å². The van der Waals surface area contributed by atoms with Gasteiger partial charge in [0.2, 0.25) is 0 Å². The van der Waals surface area contributed by atoms with Crippen molar-refractivity contribution in [2.24, 2.45) is 0 Å². The predicted molar refractivity (Wildman–Crippen MR) is 172 cm³/mol. The van der Waals surface area contributed by atoms with Gasteiger partial charge < -0.3 is 24.7 Å². The van der Waals surface area contributed by atoms with Gasteiger partial charge in [0.05, 0.1) is 0 Å². The Kier molecular flexibility index (Phi) is 13.1. The third-order valence-corrected chi connectivity index (χ3v) is 8.19. The minimum atomic E-state index is -0.963. The van der Waals surface area contributed by atoms with E-state index in [1.165, 1.54) is 0 Å². The molecular weight excluding hydrogens is 573 g/mol. The molecule has 7 heteroatoms. The monoisotopic (exact) mass is 613 g/mol. The van der Waals surface area contributed by atoms with Crippen LogP contribution in [-0.2, 0) is 21.7 Å². The van der Waals surface area contributed by atoms with Crippen molar-refractivity contribution in [1.29, 1.82) is 0 Å². The number of aliphatic carboxylic acids is 1. The number of ether oxygens (including phenoxy) is 2. The molecule has 0 aromatic heterocycles. The third kappa shape index (κ3) is 9.23. The molecule has 0 saturated carbocycles. The summed E-state index contributed by atoms with van der Waals surface area (Å²) < 4.78 is 12.3. The van der Waals surface area contributed by atoms with E-state index in [9.17, 15) is 14.7 Å². The molecule has 1 amide bonds. The van der Waals surface area contributed by atoms with Crippen LogP contribution in [0.4, 0.5) is 4.79 Å². The van der Waals surface area contributed by atoms with Crippen molar-refractivity contribution < 1.29 is 53.7 Å². The van der Waals surface area contributed by atoms with Gasteiger partial charge in [-0.2, -0.15) is 0 Å². The molecule has 4 aromatic rings. The molecule has 5 rings (SSSR count). The maximum atomic E-state index is 12.2. The van der Waals surface area contributed by atoms with E-state index in [0.717, 1.165) is 83.7 Å². The average molecular weight is 614 g/mol. The van der Waals surface area contributed by atoms with Crippen molar-refractivity contribution in [2.75, 3.05) is 6.54 Å². The predicted octanol–water partition coefficient (Wildman–Crippen LogP) is 4.68. The van der Waals surface area contributed by atoms with Crippen molar-refractivity contribution >= 4 is 28.9 Å². The number of benzene rings is 4. The van der Waals surface area contributed by atoms with Crippen LogP contribution in [0.15, 0.2) is 97.1 Å². The molecule has 45 heavy (non-hydrogen) atoms. The molecule has 0 radical (unpaired) electrons. The second-order valence-corrected chi connectivity index (χ2v) is 11.4. The summed E-state index contributed by atoms with van der Waals surface area (Å²) in [7, 11) is 0. The Morgan fingerprint density at radius 3 is 2.02 bits per heavy atom. The van der Waals surface area contributed by atoms with Crippen LogP contribution in [0.2, 0.25) is 0 Å². The molecule has 228 valence electrons. The minimum absolute atomic E-state index is 0. The van der Waals surface area contributed by atoms with E-state index in [1.54, 1.807) is 0 Å². The zero-order valence-electron chi connectivity index (χ0n) is 26.1. The summed E-state index contributed by atoms with van der Waals surface area (Å²) in [5, 5.41) is 15.4. The zero-order valence-corrected chi connectivity index (χ0v) is 28.1. The number of alkyl carbamates (subject to hydrolysis) is 1. The quantitative estimate of drug-likeness (QED) is 0.156. The Hall–Kier alpha value is -3.58. The number of rotatable bonds is 15. The van der Waals surface area contributed by atoms with Gasteiger partial charge in [0, 0.05) is 29.2 Å². The van der Waals surface area contributed by atoms with E-state index in [2.05, 4.69) is 59.9 Å². The van der Waals surface area contributed by atoms with Crippen molar-refractivity contribution in [1.82, 2.24) is 5.32 Å². The molecule has 1 aliphatic heterocycles. The first-order chi connectivity index (χ1) is 21.5. The molecule has 4 aromatic carbocycles. The standard InChI is InChI=1S/C38H41NO5.Na/c40-36(41)19-13-5-3-1-2-4-6-14-26-39-37(42)43-28-29-20-22-33-30(27-29)21-23-35-34(33)24-25-38(44-35,31-15-9-7-10-16-31)32-17-11-8-12-18-32;/h7-12,15-18,20-25,27H,1-6,13-14,19,26,28H2,(H,39,42)(H,40,41);/q;+1/p-1. The van der Waals surface area contributed by atoms with Gasteiger partial charge in [-0.1, -0.05) is 117 Å². The maximum absolute atomic E-state index is 12.2. The average Bonchev–Trinajstić information content (AvgIpc) is 3.06. The second kappa shape index (κ2) is 17.2. The fourth-order valence-corrected chi connectivity index (χ4v) is 5.84. The van der Waals surface area contributed by atoms with E-state index >= 15 is 0 Å². The molecule has 0 saturated heterocycles. The number of hydrogen-bond donors (Lipinski definition) is 1. The minimum Gasteiger partial charge on any atom is -0.550 e. The van der Waals surface area contributed by atoms with Gasteiger partial charge in [-0.15, -0.1) is 0 Å². The number of carboxylic acids is 1. The number of hydrogen-bond acceptors (Lipinski definition) is 5. The number of amides is 1. The molecule has 1 N–H and O–H groups in total. The molecule has 1 heterocycles. The topological polar surface area (TPSA) is 87.7 Å². The Balaban J connectivity index is 0.00000461. The molecule has 0 bridgehead atoms. The van der Waals surface area contributed by atoms with E-state index in [1.807, 2.05) is 48.5 Å². The van der Waals surface area contributed by atoms with E-state index < -0.39 is 17.7 Å². The van der Waals surface area contributed by atoms with Crippen LogP contribution in [0, 0.1) is 0 Å². The number of unbranched alkanes of at least 4 members (excludes halogenated alkanes) is 7. The number of carboxylic acid groups (broad SMARTS) is 1. The maximum Gasteiger partial charge on any atom is 1.00 e. The van der Waals surface area contributed by atoms with Gasteiger partial charge in [-0.05, 0) is 59.9 Å². The van der Waals surface area contributed by atoms with Crippen LogP contribution in [0.25, 0.3) is 16.8 Å². The third-order valence-electron chi connectivity index (χ3n) is 8.19. The molecule has 0 unspecified atom stereocenters. The Labute approximate surface area is 288 Å². The summed E-state index contributed by atoms with van der Waals surface area (Å²) in [6.07, 6.45) is 12.1. The van der Waals surface area contributed by atoms with E-state index in [4.69, 9.17) is 9.47 Å². The molecule has 0 fully saturated rings. The SMILES string of the molecule is O=C([O-])CCCCCCCCCCNC(=O)OCc1ccc2c3c(ccc2c1)OC(c1ccccc1)(c1ccccc1)C=C3.[Na+]. The van der Waals surface area contributed by atoms with Crippen molar-refractivity contribution in [2.45, 2.75) is 70.0 Å². The molecule has 6 nitrogen and oxygen atoms in total. The largest absolute Gasteiger partial charge is 1.00 e. The first kappa shape index (κ1) is 34.3. The molecule has 0 spiro atoms. The smallest absolute Gasteiger partial charge is 0.550 e. The normalized spacial score (nSPS) is 12.9. The summed E-state index contributed by atoms with van der Waals surface area (Å²) in [5.74, 6) is -0.139. The van der Waals surface area contributed by atoms with Crippen LogP contribution in [0.3, 0.4) is 0 Å². The van der Waals surface area contributed by atoms with Crippen molar-refractivity contribution in [3.8, 4) is 5.75 Å². The summed E-state index contributed by atoms with van der Waals surface area (Å²) >= 11 is 0. The van der Waals surface area contributed by atoms with E-state index in [-0.39, 0.29) is 42.6 Å². The summed E-state index contributed by atoms with van der Waals surface area (Å²) in [5.41, 5.74) is 3.38. The van der Waals surface area contributed by atoms with Gasteiger partial charge in [-0.3, -0.25) is 0 Å². The van der Waals surface area contributed by atoms with Gasteiger partial charge in [0.15, 0.2) is 5.60 Å². The second-order valence-electron chi connectivity index (χ2n) is 11.4. The van der Waals surface area contributed by atoms with Crippen LogP contribution < -0.4 is 44.7 Å². The van der Waals surface area contributed by atoms with Crippen molar-refractivity contribution in [3.05, 3.63) is 119 Å². The van der Waals surface area contributed by atoms with Gasteiger partial charge in [0.1, 0.15) is 12.4 Å². The van der Waals surface area contributed by atoms with Crippen LogP contribution in [0.1, 0.15) is 80.0 Å². The number of fused-ring (bicyclic) bond motifs is 3. The fourth-order valence-electron chi connectivity index (χ4n) is 5.84. The summed E-state index contributed by atoms with van der Waals surface area (Å²) in [6.45, 7) is 0.794. The molecule has 0 atom stereocenters. The van der Waals surface area contributed by atoms with E-state index in [0.29, 0.717) is 13.0 Å². The Morgan fingerprint density at radius 2 is 1.38 bits per heavy atom. The van der Waals surface area contributed by atoms with Gasteiger partial charge in [-0.25, -0.2) is 4.79 Å². The summed E-state index contributed by atoms with van der Waals surface area (Å²) in [6, 6.07) is 30.8. The van der Waals surface area contributed by atoms with Crippen LogP contribution >= 0.6 is 0 Å².